The van der Waals surface area contributed by atoms with Crippen molar-refractivity contribution in [2.75, 3.05) is 6.54 Å². The number of rotatable bonds is 2. The predicted octanol–water partition coefficient (Wildman–Crippen LogP) is 1.84. The highest BCUT2D eigenvalue weighted by molar-refractivity contribution is 6.02. The zero-order valence-corrected chi connectivity index (χ0v) is 12.0. The van der Waals surface area contributed by atoms with Gasteiger partial charge in [-0.2, -0.15) is 0 Å². The van der Waals surface area contributed by atoms with Crippen LogP contribution in [0.15, 0.2) is 0 Å². The molecule has 1 heterocycles. The van der Waals surface area contributed by atoms with Gasteiger partial charge in [-0.25, -0.2) is 0 Å². The summed E-state index contributed by atoms with van der Waals surface area (Å²) in [4.78, 5) is 27.5. The molecule has 1 spiro atoms. The largest absolute Gasteiger partial charge is 0.340 e. The fourth-order valence-corrected chi connectivity index (χ4v) is 4.02. The second-order valence-electron chi connectivity index (χ2n) is 6.57. The van der Waals surface area contributed by atoms with Gasteiger partial charge in [0, 0.05) is 6.54 Å². The Balaban J connectivity index is 1.95. The Kier molecular flexibility index (Phi) is 2.88. The summed E-state index contributed by atoms with van der Waals surface area (Å²) < 4.78 is 0. The van der Waals surface area contributed by atoms with Crippen molar-refractivity contribution in [3.63, 3.8) is 0 Å². The standard InChI is InChI=1S/C15H24N2O2/c1-3-17-13(19)14(2,11-7-8-11)16-12(18)15(17)9-5-4-6-10-15/h11H,3-10H2,1-2H3,(H,16,18). The molecular weight excluding hydrogens is 240 g/mol. The lowest BCUT2D eigenvalue weighted by molar-refractivity contribution is -0.165. The van der Waals surface area contributed by atoms with Crippen molar-refractivity contribution in [2.24, 2.45) is 5.92 Å². The van der Waals surface area contributed by atoms with E-state index >= 15 is 0 Å². The third-order valence-electron chi connectivity index (χ3n) is 5.39. The van der Waals surface area contributed by atoms with Gasteiger partial charge in [-0.05, 0) is 45.4 Å². The molecule has 0 aromatic rings. The molecule has 2 saturated carbocycles. The molecule has 0 aromatic carbocycles. The van der Waals surface area contributed by atoms with Gasteiger partial charge in [0.1, 0.15) is 11.1 Å². The van der Waals surface area contributed by atoms with Crippen LogP contribution in [0.1, 0.15) is 58.8 Å². The zero-order chi connectivity index (χ0) is 13.7. The molecule has 0 radical (unpaired) electrons. The monoisotopic (exact) mass is 264 g/mol. The lowest BCUT2D eigenvalue weighted by Crippen LogP contribution is -2.75. The molecule has 4 heteroatoms. The average Bonchev–Trinajstić information content (AvgIpc) is 3.23. The Bertz CT molecular complexity index is 410. The summed E-state index contributed by atoms with van der Waals surface area (Å²) in [5.41, 5.74) is -1.19. The van der Waals surface area contributed by atoms with Crippen LogP contribution in [0, 0.1) is 5.92 Å². The molecule has 3 fully saturated rings. The number of hydrogen-bond donors (Lipinski definition) is 1. The first-order valence-electron chi connectivity index (χ1n) is 7.69. The Hall–Kier alpha value is -1.06. The van der Waals surface area contributed by atoms with Crippen LogP contribution in [0.4, 0.5) is 0 Å². The third kappa shape index (κ3) is 1.72. The van der Waals surface area contributed by atoms with E-state index in [4.69, 9.17) is 0 Å². The predicted molar refractivity (Wildman–Crippen MR) is 72.5 cm³/mol. The molecule has 1 atom stereocenters. The summed E-state index contributed by atoms with van der Waals surface area (Å²) in [6, 6.07) is 0. The first kappa shape index (κ1) is 12.9. The van der Waals surface area contributed by atoms with Gasteiger partial charge >= 0.3 is 0 Å². The lowest BCUT2D eigenvalue weighted by atomic mass is 9.74. The van der Waals surface area contributed by atoms with Crippen molar-refractivity contribution >= 4 is 11.8 Å². The van der Waals surface area contributed by atoms with Crippen LogP contribution in [0.25, 0.3) is 0 Å². The van der Waals surface area contributed by atoms with Gasteiger partial charge < -0.3 is 10.2 Å². The van der Waals surface area contributed by atoms with Gasteiger partial charge in [0.25, 0.3) is 0 Å². The topological polar surface area (TPSA) is 49.4 Å². The van der Waals surface area contributed by atoms with Gasteiger partial charge in [-0.15, -0.1) is 0 Å². The van der Waals surface area contributed by atoms with Crippen molar-refractivity contribution in [1.82, 2.24) is 10.2 Å². The molecule has 0 aromatic heterocycles. The molecule has 1 aliphatic heterocycles. The molecule has 106 valence electrons. The molecule has 19 heavy (non-hydrogen) atoms. The van der Waals surface area contributed by atoms with Gasteiger partial charge in [0.05, 0.1) is 0 Å². The minimum Gasteiger partial charge on any atom is -0.340 e. The first-order chi connectivity index (χ1) is 9.04. The maximum atomic E-state index is 12.9. The van der Waals surface area contributed by atoms with Crippen LogP contribution in [-0.4, -0.2) is 34.3 Å². The number of amides is 2. The number of hydrogen-bond acceptors (Lipinski definition) is 2. The van der Waals surface area contributed by atoms with Crippen molar-refractivity contribution < 1.29 is 9.59 Å². The van der Waals surface area contributed by atoms with Crippen LogP contribution in [-0.2, 0) is 9.59 Å². The summed E-state index contributed by atoms with van der Waals surface area (Å²) >= 11 is 0. The second kappa shape index (κ2) is 4.22. The molecule has 4 nitrogen and oxygen atoms in total. The van der Waals surface area contributed by atoms with E-state index in [2.05, 4.69) is 5.32 Å². The number of likely N-dealkylation sites (N-methyl/N-ethyl adjacent to an activating group) is 1. The fourth-order valence-electron chi connectivity index (χ4n) is 4.02. The molecule has 1 saturated heterocycles. The lowest BCUT2D eigenvalue weighted by Gasteiger charge is -2.53. The molecule has 2 amide bonds. The highest BCUT2D eigenvalue weighted by Gasteiger charge is 2.60. The van der Waals surface area contributed by atoms with Crippen molar-refractivity contribution in [3.05, 3.63) is 0 Å². The Morgan fingerprint density at radius 3 is 2.37 bits per heavy atom. The number of piperazine rings is 1. The zero-order valence-electron chi connectivity index (χ0n) is 12.0. The van der Waals surface area contributed by atoms with E-state index in [1.165, 1.54) is 6.42 Å². The highest BCUT2D eigenvalue weighted by Crippen LogP contribution is 2.46. The normalized spacial score (nSPS) is 34.5. The van der Waals surface area contributed by atoms with Crippen molar-refractivity contribution in [2.45, 2.75) is 69.9 Å². The maximum absolute atomic E-state index is 12.9. The van der Waals surface area contributed by atoms with Crippen molar-refractivity contribution in [1.29, 1.82) is 0 Å². The third-order valence-corrected chi connectivity index (χ3v) is 5.39. The number of nitrogens with zero attached hydrogens (tertiary/aromatic N) is 1. The van der Waals surface area contributed by atoms with E-state index in [-0.39, 0.29) is 11.8 Å². The molecular formula is C15H24N2O2. The van der Waals surface area contributed by atoms with E-state index in [0.717, 1.165) is 38.5 Å². The second-order valence-corrected chi connectivity index (χ2v) is 6.57. The summed E-state index contributed by atoms with van der Waals surface area (Å²) in [7, 11) is 0. The average molecular weight is 264 g/mol. The quantitative estimate of drug-likeness (QED) is 0.827. The van der Waals surface area contributed by atoms with E-state index in [1.807, 2.05) is 18.7 Å². The van der Waals surface area contributed by atoms with Gasteiger partial charge in [-0.3, -0.25) is 9.59 Å². The SMILES string of the molecule is CCN1C(=O)C(C)(C2CC2)NC(=O)C12CCCCC2. The number of carbonyl (C=O) groups is 2. The molecule has 3 aliphatic rings. The molecule has 1 unspecified atom stereocenters. The molecule has 1 N–H and O–H groups in total. The van der Waals surface area contributed by atoms with E-state index in [0.29, 0.717) is 12.5 Å². The molecule has 0 bridgehead atoms. The van der Waals surface area contributed by atoms with Gasteiger partial charge in [-0.1, -0.05) is 19.3 Å². The van der Waals surface area contributed by atoms with Gasteiger partial charge in [0.2, 0.25) is 11.8 Å². The Labute approximate surface area is 114 Å². The van der Waals surface area contributed by atoms with E-state index in [1.54, 1.807) is 0 Å². The highest BCUT2D eigenvalue weighted by atomic mass is 16.2. The van der Waals surface area contributed by atoms with Crippen molar-refractivity contribution in [3.8, 4) is 0 Å². The summed E-state index contributed by atoms with van der Waals surface area (Å²) in [6.07, 6.45) is 7.08. The van der Waals surface area contributed by atoms with Crippen LogP contribution < -0.4 is 5.32 Å². The number of nitrogens with one attached hydrogen (secondary N) is 1. The molecule has 3 rings (SSSR count). The van der Waals surface area contributed by atoms with E-state index in [9.17, 15) is 9.59 Å². The summed E-state index contributed by atoms with van der Waals surface area (Å²) in [5, 5.41) is 3.10. The fraction of sp³-hybridized carbons (Fsp3) is 0.867. The maximum Gasteiger partial charge on any atom is 0.249 e. The Morgan fingerprint density at radius 2 is 1.84 bits per heavy atom. The smallest absolute Gasteiger partial charge is 0.249 e. The van der Waals surface area contributed by atoms with E-state index < -0.39 is 11.1 Å². The first-order valence-corrected chi connectivity index (χ1v) is 7.69. The van der Waals surface area contributed by atoms with Crippen LogP contribution in [0.3, 0.4) is 0 Å². The molecule has 2 aliphatic carbocycles. The number of carbonyl (C=O) groups excluding carboxylic acids is 2. The summed E-state index contributed by atoms with van der Waals surface area (Å²) in [5.74, 6) is 0.598. The van der Waals surface area contributed by atoms with Crippen LogP contribution >= 0.6 is 0 Å². The minimum atomic E-state index is -0.643. The van der Waals surface area contributed by atoms with Crippen LogP contribution in [0.5, 0.6) is 0 Å². The Morgan fingerprint density at radius 1 is 1.21 bits per heavy atom. The van der Waals surface area contributed by atoms with Crippen LogP contribution in [0.2, 0.25) is 0 Å². The minimum absolute atomic E-state index is 0.100. The summed E-state index contributed by atoms with van der Waals surface area (Å²) in [6.45, 7) is 4.57. The van der Waals surface area contributed by atoms with Gasteiger partial charge in [0.15, 0.2) is 0 Å².